The van der Waals surface area contributed by atoms with Gasteiger partial charge in [0.2, 0.25) is 5.91 Å². The lowest BCUT2D eigenvalue weighted by Crippen LogP contribution is -2.41. The SMILES string of the molecule is CCNC1COCC1C(=O)Nc1cc(F)cc(F)c1. The van der Waals surface area contributed by atoms with E-state index >= 15 is 0 Å². The van der Waals surface area contributed by atoms with Crippen molar-refractivity contribution in [3.05, 3.63) is 29.8 Å². The summed E-state index contributed by atoms with van der Waals surface area (Å²) in [5, 5.41) is 5.66. The lowest BCUT2D eigenvalue weighted by molar-refractivity contribution is -0.120. The van der Waals surface area contributed by atoms with Crippen LogP contribution in [-0.2, 0) is 9.53 Å². The molecule has 0 bridgehead atoms. The van der Waals surface area contributed by atoms with Crippen LogP contribution >= 0.6 is 0 Å². The number of ether oxygens (including phenoxy) is 1. The predicted molar refractivity (Wildman–Crippen MR) is 66.8 cm³/mol. The van der Waals surface area contributed by atoms with Gasteiger partial charge >= 0.3 is 0 Å². The van der Waals surface area contributed by atoms with Crippen LogP contribution in [0.3, 0.4) is 0 Å². The molecule has 4 nitrogen and oxygen atoms in total. The molecule has 2 rings (SSSR count). The van der Waals surface area contributed by atoms with Gasteiger partial charge in [-0.15, -0.1) is 0 Å². The second kappa shape index (κ2) is 6.08. The van der Waals surface area contributed by atoms with Crippen LogP contribution in [0.2, 0.25) is 0 Å². The quantitative estimate of drug-likeness (QED) is 0.872. The Bertz CT molecular complexity index is 448. The second-order valence-electron chi connectivity index (χ2n) is 4.46. The molecule has 1 aliphatic rings. The van der Waals surface area contributed by atoms with Crippen molar-refractivity contribution in [3.63, 3.8) is 0 Å². The number of halogens is 2. The third-order valence-corrected chi connectivity index (χ3v) is 3.01. The van der Waals surface area contributed by atoms with E-state index in [4.69, 9.17) is 4.74 Å². The summed E-state index contributed by atoms with van der Waals surface area (Å²) in [6, 6.07) is 2.86. The van der Waals surface area contributed by atoms with Crippen LogP contribution in [0.25, 0.3) is 0 Å². The summed E-state index contributed by atoms with van der Waals surface area (Å²) in [4.78, 5) is 12.0. The lowest BCUT2D eigenvalue weighted by Gasteiger charge is -2.17. The van der Waals surface area contributed by atoms with Crippen LogP contribution in [0, 0.1) is 17.6 Å². The van der Waals surface area contributed by atoms with Crippen molar-refractivity contribution in [2.75, 3.05) is 25.1 Å². The molecule has 0 radical (unpaired) electrons. The maximum Gasteiger partial charge on any atom is 0.231 e. The van der Waals surface area contributed by atoms with Crippen molar-refractivity contribution in [1.82, 2.24) is 5.32 Å². The first-order valence-corrected chi connectivity index (χ1v) is 6.18. The van der Waals surface area contributed by atoms with Crippen LogP contribution < -0.4 is 10.6 Å². The van der Waals surface area contributed by atoms with Crippen molar-refractivity contribution in [2.45, 2.75) is 13.0 Å². The third kappa shape index (κ3) is 3.48. The van der Waals surface area contributed by atoms with Crippen LogP contribution in [0.5, 0.6) is 0 Å². The molecule has 1 fully saturated rings. The highest BCUT2D eigenvalue weighted by Crippen LogP contribution is 2.18. The molecule has 1 aromatic rings. The second-order valence-corrected chi connectivity index (χ2v) is 4.46. The van der Waals surface area contributed by atoms with Gasteiger partial charge in [0.25, 0.3) is 0 Å². The summed E-state index contributed by atoms with van der Waals surface area (Å²) in [7, 11) is 0. The molecule has 104 valence electrons. The van der Waals surface area contributed by atoms with E-state index in [1.54, 1.807) is 0 Å². The highest BCUT2D eigenvalue weighted by Gasteiger charge is 2.33. The van der Waals surface area contributed by atoms with Gasteiger partial charge in [-0.2, -0.15) is 0 Å². The highest BCUT2D eigenvalue weighted by molar-refractivity contribution is 5.93. The van der Waals surface area contributed by atoms with E-state index in [9.17, 15) is 13.6 Å². The summed E-state index contributed by atoms with van der Waals surface area (Å²) in [5.41, 5.74) is 0.115. The Morgan fingerprint density at radius 2 is 2.00 bits per heavy atom. The number of amides is 1. The number of hydrogen-bond donors (Lipinski definition) is 2. The van der Waals surface area contributed by atoms with E-state index < -0.39 is 11.6 Å². The first-order chi connectivity index (χ1) is 9.10. The van der Waals surface area contributed by atoms with Crippen LogP contribution in [0.1, 0.15) is 6.92 Å². The van der Waals surface area contributed by atoms with Gasteiger partial charge in [0.15, 0.2) is 0 Å². The smallest absolute Gasteiger partial charge is 0.231 e. The first kappa shape index (κ1) is 13.9. The minimum atomic E-state index is -0.721. The molecule has 0 aliphatic carbocycles. The normalized spacial score (nSPS) is 22.5. The highest BCUT2D eigenvalue weighted by atomic mass is 19.1. The molecule has 1 aromatic carbocycles. The van der Waals surface area contributed by atoms with Gasteiger partial charge in [-0.05, 0) is 18.7 Å². The number of nitrogens with one attached hydrogen (secondary N) is 2. The Hall–Kier alpha value is -1.53. The zero-order chi connectivity index (χ0) is 13.8. The Morgan fingerprint density at radius 3 is 2.63 bits per heavy atom. The number of likely N-dealkylation sites (N-methyl/N-ethyl adjacent to an activating group) is 1. The molecule has 6 heteroatoms. The maximum absolute atomic E-state index is 13.0. The fraction of sp³-hybridized carbons (Fsp3) is 0.462. The van der Waals surface area contributed by atoms with Gasteiger partial charge in [-0.25, -0.2) is 8.78 Å². The molecule has 2 N–H and O–H groups in total. The summed E-state index contributed by atoms with van der Waals surface area (Å²) in [6.07, 6.45) is 0. The van der Waals surface area contributed by atoms with E-state index in [1.165, 1.54) is 0 Å². The monoisotopic (exact) mass is 270 g/mol. The first-order valence-electron chi connectivity index (χ1n) is 6.18. The molecule has 1 amide bonds. The van der Waals surface area contributed by atoms with Gasteiger partial charge in [0.05, 0.1) is 19.1 Å². The van der Waals surface area contributed by atoms with Crippen LogP contribution in [0.15, 0.2) is 18.2 Å². The van der Waals surface area contributed by atoms with Crippen molar-refractivity contribution in [1.29, 1.82) is 0 Å². The minimum Gasteiger partial charge on any atom is -0.379 e. The maximum atomic E-state index is 13.0. The van der Waals surface area contributed by atoms with E-state index in [-0.39, 0.29) is 23.6 Å². The molecule has 2 atom stereocenters. The molecule has 0 saturated carbocycles. The topological polar surface area (TPSA) is 50.4 Å². The van der Waals surface area contributed by atoms with Gasteiger partial charge in [-0.1, -0.05) is 6.92 Å². The van der Waals surface area contributed by atoms with Crippen molar-refractivity contribution in [2.24, 2.45) is 5.92 Å². The zero-order valence-electron chi connectivity index (χ0n) is 10.6. The lowest BCUT2D eigenvalue weighted by atomic mass is 10.0. The molecule has 19 heavy (non-hydrogen) atoms. The zero-order valence-corrected chi connectivity index (χ0v) is 10.6. The van der Waals surface area contributed by atoms with Crippen LogP contribution in [0.4, 0.5) is 14.5 Å². The van der Waals surface area contributed by atoms with Gasteiger partial charge < -0.3 is 15.4 Å². The summed E-state index contributed by atoms with van der Waals surface area (Å²) in [6.45, 7) is 3.44. The Labute approximate surface area is 110 Å². The summed E-state index contributed by atoms with van der Waals surface area (Å²) in [5.74, 6) is -2.10. The van der Waals surface area contributed by atoms with Gasteiger partial charge in [-0.3, -0.25) is 4.79 Å². The molecular formula is C13H16F2N2O2. The Balaban J connectivity index is 2.04. The Kier molecular flexibility index (Phi) is 4.44. The minimum absolute atomic E-state index is 0.0663. The number of hydrogen-bond acceptors (Lipinski definition) is 3. The van der Waals surface area contributed by atoms with E-state index in [0.717, 1.165) is 24.7 Å². The Morgan fingerprint density at radius 1 is 1.32 bits per heavy atom. The molecule has 1 heterocycles. The molecule has 1 saturated heterocycles. The summed E-state index contributed by atoms with van der Waals surface area (Å²) >= 11 is 0. The van der Waals surface area contributed by atoms with Gasteiger partial charge in [0.1, 0.15) is 11.6 Å². The fourth-order valence-electron chi connectivity index (χ4n) is 2.14. The van der Waals surface area contributed by atoms with Crippen LogP contribution in [-0.4, -0.2) is 31.7 Å². The predicted octanol–water partition coefficient (Wildman–Crippen LogP) is 1.53. The van der Waals surface area contributed by atoms with E-state index in [1.807, 2.05) is 6.92 Å². The number of anilines is 1. The molecule has 0 spiro atoms. The third-order valence-electron chi connectivity index (χ3n) is 3.01. The van der Waals surface area contributed by atoms with Crippen molar-refractivity contribution in [3.8, 4) is 0 Å². The average molecular weight is 270 g/mol. The molecule has 2 unspecified atom stereocenters. The molecule has 1 aliphatic heterocycles. The number of carbonyl (C=O) groups is 1. The summed E-state index contributed by atoms with van der Waals surface area (Å²) < 4.78 is 31.3. The average Bonchev–Trinajstić information content (AvgIpc) is 2.76. The van der Waals surface area contributed by atoms with Crippen molar-refractivity contribution < 1.29 is 18.3 Å². The van der Waals surface area contributed by atoms with E-state index in [0.29, 0.717) is 13.2 Å². The number of benzene rings is 1. The van der Waals surface area contributed by atoms with E-state index in [2.05, 4.69) is 10.6 Å². The van der Waals surface area contributed by atoms with Crippen molar-refractivity contribution >= 4 is 11.6 Å². The standard InChI is InChI=1S/C13H16F2N2O2/c1-2-16-12-7-19-6-11(12)13(18)17-10-4-8(14)3-9(15)5-10/h3-5,11-12,16H,2,6-7H2,1H3,(H,17,18). The molecular weight excluding hydrogens is 254 g/mol. The largest absolute Gasteiger partial charge is 0.379 e. The number of rotatable bonds is 4. The fourth-order valence-corrected chi connectivity index (χ4v) is 2.14. The van der Waals surface area contributed by atoms with Gasteiger partial charge in [0, 0.05) is 17.8 Å². The number of carbonyl (C=O) groups excluding carboxylic acids is 1. The molecule has 0 aromatic heterocycles.